The number of aliphatic carboxylic acids is 1. The predicted molar refractivity (Wildman–Crippen MR) is 65.6 cm³/mol. The van der Waals surface area contributed by atoms with Gasteiger partial charge in [-0.2, -0.15) is 0 Å². The highest BCUT2D eigenvalue weighted by atomic mass is 32.1. The fourth-order valence-electron chi connectivity index (χ4n) is 1.25. The van der Waals surface area contributed by atoms with Crippen LogP contribution in [0.3, 0.4) is 0 Å². The quantitative estimate of drug-likeness (QED) is 0.657. The molecule has 5 nitrogen and oxygen atoms in total. The lowest BCUT2D eigenvalue weighted by Gasteiger charge is -2.15. The largest absolute Gasteiger partial charge is 0.479 e. The third kappa shape index (κ3) is 3.69. The molecule has 2 atom stereocenters. The molecule has 1 heterocycles. The fraction of sp³-hybridized carbons (Fsp3) is 0.273. The zero-order valence-corrected chi connectivity index (χ0v) is 9.94. The Morgan fingerprint density at radius 1 is 1.65 bits per heavy atom. The van der Waals surface area contributed by atoms with Crippen LogP contribution in [0.5, 0.6) is 0 Å². The average molecular weight is 254 g/mol. The summed E-state index contributed by atoms with van der Waals surface area (Å²) in [6.45, 7) is 3.47. The van der Waals surface area contributed by atoms with Crippen molar-refractivity contribution < 1.29 is 14.7 Å². The second-order valence-corrected chi connectivity index (χ2v) is 4.41. The molecular weight excluding hydrogens is 240 g/mol. The summed E-state index contributed by atoms with van der Waals surface area (Å²) >= 11 is 1.27. The number of carbonyl (C=O) groups excluding carboxylic acids is 1. The summed E-state index contributed by atoms with van der Waals surface area (Å²) in [7, 11) is 0. The van der Waals surface area contributed by atoms with Crippen molar-refractivity contribution in [1.82, 2.24) is 5.32 Å². The first-order valence-electron chi connectivity index (χ1n) is 4.99. The van der Waals surface area contributed by atoms with Crippen molar-refractivity contribution in [3.8, 4) is 0 Å². The average Bonchev–Trinajstić information content (AvgIpc) is 2.78. The highest BCUT2D eigenvalue weighted by Crippen LogP contribution is 2.19. The van der Waals surface area contributed by atoms with Crippen LogP contribution >= 0.6 is 11.3 Å². The van der Waals surface area contributed by atoms with E-state index in [4.69, 9.17) is 10.8 Å². The van der Waals surface area contributed by atoms with Crippen LogP contribution < -0.4 is 11.1 Å². The van der Waals surface area contributed by atoms with E-state index in [2.05, 4.69) is 11.9 Å². The minimum Gasteiger partial charge on any atom is -0.479 e. The van der Waals surface area contributed by atoms with Gasteiger partial charge in [-0.25, -0.2) is 4.79 Å². The van der Waals surface area contributed by atoms with E-state index in [0.29, 0.717) is 11.3 Å². The van der Waals surface area contributed by atoms with Crippen LogP contribution in [-0.4, -0.2) is 23.0 Å². The first kappa shape index (κ1) is 13.4. The molecule has 1 amide bonds. The summed E-state index contributed by atoms with van der Waals surface area (Å²) in [5, 5.41) is 13.2. The van der Waals surface area contributed by atoms with E-state index in [1.165, 1.54) is 17.4 Å². The number of amides is 1. The Kier molecular flexibility index (Phi) is 4.86. The van der Waals surface area contributed by atoms with Crippen molar-refractivity contribution in [3.05, 3.63) is 35.0 Å². The number of nitrogens with one attached hydrogen (secondary N) is 1. The molecule has 0 bridgehead atoms. The molecule has 6 heteroatoms. The van der Waals surface area contributed by atoms with Gasteiger partial charge in [-0.1, -0.05) is 12.1 Å². The Hall–Kier alpha value is -1.66. The number of rotatable bonds is 6. The van der Waals surface area contributed by atoms with Crippen LogP contribution in [0.2, 0.25) is 0 Å². The van der Waals surface area contributed by atoms with Gasteiger partial charge in [-0.3, -0.25) is 4.79 Å². The topological polar surface area (TPSA) is 92.4 Å². The highest BCUT2D eigenvalue weighted by molar-refractivity contribution is 7.10. The Bertz CT molecular complexity index is 403. The summed E-state index contributed by atoms with van der Waals surface area (Å²) in [6.07, 6.45) is 1.83. The first-order chi connectivity index (χ1) is 8.06. The lowest BCUT2D eigenvalue weighted by atomic mass is 10.1. The summed E-state index contributed by atoms with van der Waals surface area (Å²) in [5.74, 6) is -1.60. The number of nitrogens with two attached hydrogens (primary N) is 1. The maximum absolute atomic E-state index is 11.6. The highest BCUT2D eigenvalue weighted by Gasteiger charge is 2.24. The molecule has 1 aromatic rings. The minimum absolute atomic E-state index is 0.308. The molecule has 0 fully saturated rings. The van der Waals surface area contributed by atoms with E-state index in [1.807, 2.05) is 0 Å². The maximum Gasteiger partial charge on any atom is 0.331 e. The lowest BCUT2D eigenvalue weighted by molar-refractivity contribution is -0.142. The lowest BCUT2D eigenvalue weighted by Crippen LogP contribution is -2.43. The van der Waals surface area contributed by atoms with Crippen LogP contribution in [0.15, 0.2) is 30.2 Å². The van der Waals surface area contributed by atoms with Crippen molar-refractivity contribution >= 4 is 23.2 Å². The van der Waals surface area contributed by atoms with Gasteiger partial charge in [0.25, 0.3) is 0 Å². The van der Waals surface area contributed by atoms with E-state index < -0.39 is 24.0 Å². The van der Waals surface area contributed by atoms with Crippen molar-refractivity contribution in [3.63, 3.8) is 0 Å². The van der Waals surface area contributed by atoms with Crippen LogP contribution in [0.1, 0.15) is 17.3 Å². The molecule has 2 unspecified atom stereocenters. The van der Waals surface area contributed by atoms with Gasteiger partial charge < -0.3 is 16.2 Å². The third-order valence-corrected chi connectivity index (χ3v) is 3.06. The van der Waals surface area contributed by atoms with E-state index in [-0.39, 0.29) is 0 Å². The standard InChI is InChI=1S/C11H14N2O3S/c1-2-4-7(12)10(14)13-9(11(15)16)8-5-3-6-17-8/h2-3,5-7,9H,1,4,12H2,(H,13,14)(H,15,16). The summed E-state index contributed by atoms with van der Waals surface area (Å²) in [6, 6.07) is 1.57. The predicted octanol–water partition coefficient (Wildman–Crippen LogP) is 0.893. The molecule has 0 aliphatic heterocycles. The molecule has 0 aromatic carbocycles. The van der Waals surface area contributed by atoms with Crippen molar-refractivity contribution in [2.24, 2.45) is 5.73 Å². The van der Waals surface area contributed by atoms with Crippen LogP contribution in [-0.2, 0) is 9.59 Å². The maximum atomic E-state index is 11.6. The summed E-state index contributed by atoms with van der Waals surface area (Å²) in [5.41, 5.74) is 5.56. The zero-order chi connectivity index (χ0) is 12.8. The second kappa shape index (κ2) is 6.17. The van der Waals surface area contributed by atoms with Gasteiger partial charge in [0.15, 0.2) is 6.04 Å². The molecule has 1 rings (SSSR count). The van der Waals surface area contributed by atoms with Crippen LogP contribution in [0, 0.1) is 0 Å². The van der Waals surface area contributed by atoms with Gasteiger partial charge in [-0.05, 0) is 17.9 Å². The van der Waals surface area contributed by atoms with Gasteiger partial charge in [0.1, 0.15) is 0 Å². The van der Waals surface area contributed by atoms with Crippen molar-refractivity contribution in [2.75, 3.05) is 0 Å². The Morgan fingerprint density at radius 3 is 2.82 bits per heavy atom. The van der Waals surface area contributed by atoms with E-state index in [1.54, 1.807) is 17.5 Å². The normalized spacial score (nSPS) is 13.7. The van der Waals surface area contributed by atoms with Crippen LogP contribution in [0.25, 0.3) is 0 Å². The Labute approximate surface area is 103 Å². The molecule has 4 N–H and O–H groups in total. The molecule has 0 aliphatic carbocycles. The van der Waals surface area contributed by atoms with E-state index in [0.717, 1.165) is 0 Å². The second-order valence-electron chi connectivity index (χ2n) is 3.43. The third-order valence-electron chi connectivity index (χ3n) is 2.12. The van der Waals surface area contributed by atoms with E-state index in [9.17, 15) is 9.59 Å². The van der Waals surface area contributed by atoms with Crippen molar-refractivity contribution in [1.29, 1.82) is 0 Å². The summed E-state index contributed by atoms with van der Waals surface area (Å²) < 4.78 is 0. The first-order valence-corrected chi connectivity index (χ1v) is 5.87. The van der Waals surface area contributed by atoms with Gasteiger partial charge in [0, 0.05) is 4.88 Å². The zero-order valence-electron chi connectivity index (χ0n) is 9.13. The molecule has 17 heavy (non-hydrogen) atoms. The molecular formula is C11H14N2O3S. The van der Waals surface area contributed by atoms with Gasteiger partial charge >= 0.3 is 5.97 Å². The molecule has 0 aliphatic rings. The number of carboxylic acid groups (broad SMARTS) is 1. The summed E-state index contributed by atoms with van der Waals surface area (Å²) in [4.78, 5) is 23.2. The molecule has 0 radical (unpaired) electrons. The Balaban J connectivity index is 2.72. The number of thiophene rings is 1. The van der Waals surface area contributed by atoms with E-state index >= 15 is 0 Å². The van der Waals surface area contributed by atoms with Crippen LogP contribution in [0.4, 0.5) is 0 Å². The molecule has 92 valence electrons. The monoisotopic (exact) mass is 254 g/mol. The fourth-order valence-corrected chi connectivity index (χ4v) is 2.01. The smallest absolute Gasteiger partial charge is 0.331 e. The number of hydrogen-bond acceptors (Lipinski definition) is 4. The number of carbonyl (C=O) groups is 2. The number of carboxylic acids is 1. The van der Waals surface area contributed by atoms with Crippen molar-refractivity contribution in [2.45, 2.75) is 18.5 Å². The molecule has 0 spiro atoms. The molecule has 0 saturated carbocycles. The van der Waals surface area contributed by atoms with Gasteiger partial charge in [0.2, 0.25) is 5.91 Å². The molecule has 1 aromatic heterocycles. The Morgan fingerprint density at radius 2 is 2.35 bits per heavy atom. The van der Waals surface area contributed by atoms with Gasteiger partial charge in [0.05, 0.1) is 6.04 Å². The minimum atomic E-state index is -1.10. The van der Waals surface area contributed by atoms with Gasteiger partial charge in [-0.15, -0.1) is 17.9 Å². The molecule has 0 saturated heterocycles. The number of hydrogen-bond donors (Lipinski definition) is 3. The SMILES string of the molecule is C=CCC(N)C(=O)NC(C(=O)O)c1cccs1.